The third kappa shape index (κ3) is 3.34. The molecular formula is C16H22BClO3. The predicted molar refractivity (Wildman–Crippen MR) is 87.3 cm³/mol. The van der Waals surface area contributed by atoms with Crippen molar-refractivity contribution in [2.24, 2.45) is 0 Å². The van der Waals surface area contributed by atoms with E-state index >= 15 is 0 Å². The topological polar surface area (TPSA) is 38.7 Å². The molecule has 0 aliphatic carbocycles. The Hall–Kier alpha value is -0.805. The van der Waals surface area contributed by atoms with Crippen LogP contribution in [0.15, 0.2) is 23.7 Å². The quantitative estimate of drug-likeness (QED) is 0.866. The number of halogens is 1. The summed E-state index contributed by atoms with van der Waals surface area (Å²) in [6.45, 7) is 9.80. The molecule has 0 atom stereocenters. The van der Waals surface area contributed by atoms with Crippen LogP contribution in [0.2, 0.25) is 5.02 Å². The maximum Gasteiger partial charge on any atom is 0.492 e. The Morgan fingerprint density at radius 3 is 2.29 bits per heavy atom. The van der Waals surface area contributed by atoms with E-state index in [1.54, 1.807) is 0 Å². The van der Waals surface area contributed by atoms with E-state index in [9.17, 15) is 5.11 Å². The summed E-state index contributed by atoms with van der Waals surface area (Å²) < 4.78 is 11.9. The molecule has 1 saturated heterocycles. The normalized spacial score (nSPS) is 20.9. The molecule has 1 aliphatic rings. The van der Waals surface area contributed by atoms with Crippen molar-refractivity contribution >= 4 is 24.8 Å². The van der Waals surface area contributed by atoms with E-state index in [4.69, 9.17) is 20.9 Å². The summed E-state index contributed by atoms with van der Waals surface area (Å²) in [4.78, 5) is 0. The molecule has 3 nitrogen and oxygen atoms in total. The Balaban J connectivity index is 2.28. The second-order valence-electron chi connectivity index (χ2n) is 6.47. The molecule has 1 aromatic carbocycles. The van der Waals surface area contributed by atoms with Gasteiger partial charge in [0, 0.05) is 5.02 Å². The van der Waals surface area contributed by atoms with Crippen LogP contribution in [0.25, 0.3) is 6.08 Å². The average molecular weight is 309 g/mol. The highest BCUT2D eigenvalue weighted by molar-refractivity contribution is 6.55. The molecule has 1 fully saturated rings. The molecule has 1 aliphatic heterocycles. The highest BCUT2D eigenvalue weighted by Crippen LogP contribution is 2.38. The van der Waals surface area contributed by atoms with Gasteiger partial charge in [-0.3, -0.25) is 0 Å². The lowest BCUT2D eigenvalue weighted by Gasteiger charge is -2.32. The minimum Gasteiger partial charge on any atom is -0.400 e. The molecule has 0 spiro atoms. The van der Waals surface area contributed by atoms with E-state index in [1.807, 2.05) is 58.9 Å². The van der Waals surface area contributed by atoms with Crippen LogP contribution < -0.4 is 0 Å². The van der Waals surface area contributed by atoms with Gasteiger partial charge in [0.25, 0.3) is 0 Å². The molecule has 1 heterocycles. The van der Waals surface area contributed by atoms with Crippen molar-refractivity contribution in [3.05, 3.63) is 39.8 Å². The Morgan fingerprint density at radius 2 is 1.81 bits per heavy atom. The molecule has 0 bridgehead atoms. The van der Waals surface area contributed by atoms with Crippen LogP contribution in [0.3, 0.4) is 0 Å². The fraction of sp³-hybridized carbons (Fsp3) is 0.500. The number of aliphatic hydroxyl groups is 1. The molecule has 114 valence electrons. The van der Waals surface area contributed by atoms with Crippen LogP contribution in [0.1, 0.15) is 38.8 Å². The highest BCUT2D eigenvalue weighted by atomic mass is 35.5. The Kier molecular flexibility index (Phi) is 4.55. The van der Waals surface area contributed by atoms with E-state index < -0.39 is 18.3 Å². The zero-order chi connectivity index (χ0) is 15.8. The van der Waals surface area contributed by atoms with Gasteiger partial charge < -0.3 is 14.4 Å². The SMILES string of the molecule is Cc1ccc(C=C(CO)B2OC(C)(C)C(C)(C)O2)cc1Cl. The van der Waals surface area contributed by atoms with Gasteiger partial charge in [-0.15, -0.1) is 0 Å². The third-order valence-electron chi connectivity index (χ3n) is 4.29. The molecule has 0 aromatic heterocycles. The summed E-state index contributed by atoms with van der Waals surface area (Å²) in [7, 11) is -0.542. The van der Waals surface area contributed by atoms with Crippen molar-refractivity contribution in [3.63, 3.8) is 0 Å². The Morgan fingerprint density at radius 1 is 1.24 bits per heavy atom. The lowest BCUT2D eigenvalue weighted by molar-refractivity contribution is 0.00578. The van der Waals surface area contributed by atoms with Crippen molar-refractivity contribution in [2.75, 3.05) is 6.61 Å². The fourth-order valence-electron chi connectivity index (χ4n) is 2.10. The summed E-state index contributed by atoms with van der Waals surface area (Å²) in [6, 6.07) is 5.79. The lowest BCUT2D eigenvalue weighted by Crippen LogP contribution is -2.41. The predicted octanol–water partition coefficient (Wildman–Crippen LogP) is 3.66. The highest BCUT2D eigenvalue weighted by Gasteiger charge is 2.52. The molecule has 21 heavy (non-hydrogen) atoms. The van der Waals surface area contributed by atoms with Gasteiger partial charge in [0.15, 0.2) is 0 Å². The molecule has 0 unspecified atom stereocenters. The molecule has 0 saturated carbocycles. The van der Waals surface area contributed by atoms with Gasteiger partial charge in [-0.05, 0) is 57.3 Å². The van der Waals surface area contributed by atoms with Gasteiger partial charge >= 0.3 is 7.12 Å². The summed E-state index contributed by atoms with van der Waals surface area (Å²) in [5, 5.41) is 10.4. The monoisotopic (exact) mass is 308 g/mol. The number of aryl methyl sites for hydroxylation is 1. The summed E-state index contributed by atoms with van der Waals surface area (Å²) >= 11 is 6.14. The van der Waals surface area contributed by atoms with Crippen LogP contribution in [-0.4, -0.2) is 30.0 Å². The van der Waals surface area contributed by atoms with Crippen molar-refractivity contribution in [3.8, 4) is 0 Å². The number of benzene rings is 1. The molecular weight excluding hydrogens is 286 g/mol. The van der Waals surface area contributed by atoms with E-state index in [0.29, 0.717) is 10.5 Å². The maximum absolute atomic E-state index is 9.65. The van der Waals surface area contributed by atoms with Gasteiger partial charge in [0.1, 0.15) is 0 Å². The smallest absolute Gasteiger partial charge is 0.400 e. The molecule has 5 heteroatoms. The first-order chi connectivity index (χ1) is 9.66. The summed E-state index contributed by atoms with van der Waals surface area (Å²) in [5.41, 5.74) is 1.79. The molecule has 2 rings (SSSR count). The number of hydrogen-bond acceptors (Lipinski definition) is 3. The number of aliphatic hydroxyl groups excluding tert-OH is 1. The first kappa shape index (κ1) is 16.6. The average Bonchev–Trinajstić information content (AvgIpc) is 2.59. The number of rotatable bonds is 3. The lowest BCUT2D eigenvalue weighted by atomic mass is 9.77. The van der Waals surface area contributed by atoms with E-state index in [-0.39, 0.29) is 6.61 Å². The van der Waals surface area contributed by atoms with E-state index in [1.165, 1.54) is 0 Å². The van der Waals surface area contributed by atoms with Crippen LogP contribution in [0.4, 0.5) is 0 Å². The van der Waals surface area contributed by atoms with Crippen LogP contribution in [0, 0.1) is 6.92 Å². The largest absolute Gasteiger partial charge is 0.492 e. The fourth-order valence-corrected chi connectivity index (χ4v) is 2.28. The van der Waals surface area contributed by atoms with E-state index in [0.717, 1.165) is 11.1 Å². The minimum absolute atomic E-state index is 0.123. The van der Waals surface area contributed by atoms with Gasteiger partial charge in [-0.2, -0.15) is 0 Å². The summed E-state index contributed by atoms with van der Waals surface area (Å²) in [5.74, 6) is 0. The van der Waals surface area contributed by atoms with Crippen molar-refractivity contribution < 1.29 is 14.4 Å². The molecule has 1 N–H and O–H groups in total. The number of hydrogen-bond donors (Lipinski definition) is 1. The van der Waals surface area contributed by atoms with E-state index in [2.05, 4.69) is 0 Å². The van der Waals surface area contributed by atoms with Crippen LogP contribution in [-0.2, 0) is 9.31 Å². The van der Waals surface area contributed by atoms with Crippen LogP contribution >= 0.6 is 11.6 Å². The standard InChI is InChI=1S/C16H22BClO3/c1-11-6-7-12(9-14(11)18)8-13(10-19)17-20-15(2,3)16(4,5)21-17/h6-9,19H,10H2,1-5H3. The van der Waals surface area contributed by atoms with Crippen LogP contribution in [0.5, 0.6) is 0 Å². The third-order valence-corrected chi connectivity index (χ3v) is 4.69. The van der Waals surface area contributed by atoms with Gasteiger partial charge in [-0.25, -0.2) is 0 Å². The summed E-state index contributed by atoms with van der Waals surface area (Å²) in [6.07, 6.45) is 1.87. The molecule has 0 radical (unpaired) electrons. The van der Waals surface area contributed by atoms with Gasteiger partial charge in [0.05, 0.1) is 17.8 Å². The minimum atomic E-state index is -0.542. The van der Waals surface area contributed by atoms with Crippen molar-refractivity contribution in [1.29, 1.82) is 0 Å². The first-order valence-electron chi connectivity index (χ1n) is 7.09. The van der Waals surface area contributed by atoms with Crippen molar-refractivity contribution in [2.45, 2.75) is 45.8 Å². The zero-order valence-corrected chi connectivity index (χ0v) is 14.0. The molecule has 0 amide bonds. The zero-order valence-electron chi connectivity index (χ0n) is 13.2. The Labute approximate surface area is 132 Å². The second-order valence-corrected chi connectivity index (χ2v) is 6.88. The second kappa shape index (κ2) is 5.77. The van der Waals surface area contributed by atoms with Crippen molar-refractivity contribution in [1.82, 2.24) is 0 Å². The maximum atomic E-state index is 9.65. The molecule has 1 aromatic rings. The Bertz CT molecular complexity index is 551. The first-order valence-corrected chi connectivity index (χ1v) is 7.47. The van der Waals surface area contributed by atoms with Gasteiger partial charge in [-0.1, -0.05) is 29.8 Å². The van der Waals surface area contributed by atoms with Gasteiger partial charge in [0.2, 0.25) is 0 Å².